The van der Waals surface area contributed by atoms with E-state index < -0.39 is 0 Å². The number of aromatic amines is 2. The summed E-state index contributed by atoms with van der Waals surface area (Å²) in [6.45, 7) is 1.80. The third-order valence-electron chi connectivity index (χ3n) is 4.23. The zero-order valence-corrected chi connectivity index (χ0v) is 14.2. The summed E-state index contributed by atoms with van der Waals surface area (Å²) in [5.41, 5.74) is 3.53. The minimum atomic E-state index is -0.285. The fourth-order valence-electron chi connectivity index (χ4n) is 2.92. The monoisotopic (exact) mass is 348 g/mol. The van der Waals surface area contributed by atoms with Gasteiger partial charge in [-0.2, -0.15) is 0 Å². The molecule has 0 aliphatic carbocycles. The quantitative estimate of drug-likeness (QED) is 0.530. The number of rotatable bonds is 3. The van der Waals surface area contributed by atoms with E-state index >= 15 is 0 Å². The van der Waals surface area contributed by atoms with Crippen LogP contribution in [0.2, 0.25) is 0 Å². The number of aromatic nitrogens is 3. The van der Waals surface area contributed by atoms with Gasteiger partial charge in [0, 0.05) is 11.1 Å². The van der Waals surface area contributed by atoms with Crippen LogP contribution in [0.3, 0.4) is 0 Å². The van der Waals surface area contributed by atoms with Crippen molar-refractivity contribution >= 4 is 33.5 Å². The second-order valence-electron chi connectivity index (χ2n) is 5.97. The van der Waals surface area contributed by atoms with Gasteiger partial charge < -0.3 is 20.0 Å². The molecule has 0 spiro atoms. The van der Waals surface area contributed by atoms with Crippen LogP contribution in [0.15, 0.2) is 47.3 Å². The first-order valence-corrected chi connectivity index (χ1v) is 8.02. The highest BCUT2D eigenvalue weighted by Gasteiger charge is 2.13. The molecule has 2 heterocycles. The number of aryl methyl sites for hydroxylation is 1. The second kappa shape index (κ2) is 6.03. The highest BCUT2D eigenvalue weighted by Crippen LogP contribution is 2.23. The van der Waals surface area contributed by atoms with Crippen molar-refractivity contribution in [2.45, 2.75) is 6.92 Å². The number of methoxy groups -OCH3 is 1. The highest BCUT2D eigenvalue weighted by molar-refractivity contribution is 6.07. The number of carbonyl (C=O) groups is 1. The summed E-state index contributed by atoms with van der Waals surface area (Å²) >= 11 is 0. The molecular formula is C19H16N4O3. The van der Waals surface area contributed by atoms with E-state index in [1.54, 1.807) is 38.3 Å². The van der Waals surface area contributed by atoms with Crippen LogP contribution < -0.4 is 15.7 Å². The summed E-state index contributed by atoms with van der Waals surface area (Å²) < 4.78 is 5.23. The van der Waals surface area contributed by atoms with Crippen LogP contribution in [0.4, 0.5) is 5.69 Å². The van der Waals surface area contributed by atoms with Crippen molar-refractivity contribution in [3.63, 3.8) is 0 Å². The largest absolute Gasteiger partial charge is 0.497 e. The maximum absolute atomic E-state index is 12.7. The number of imidazole rings is 1. The molecule has 7 heteroatoms. The zero-order valence-electron chi connectivity index (χ0n) is 14.2. The maximum Gasteiger partial charge on any atom is 0.323 e. The fraction of sp³-hybridized carbons (Fsp3) is 0.105. The number of ether oxygens (including phenoxy) is 1. The Morgan fingerprint density at radius 1 is 1.08 bits per heavy atom. The molecule has 26 heavy (non-hydrogen) atoms. The van der Waals surface area contributed by atoms with Crippen LogP contribution in [0, 0.1) is 6.92 Å². The van der Waals surface area contributed by atoms with E-state index in [9.17, 15) is 9.59 Å². The molecule has 0 radical (unpaired) electrons. The molecule has 0 atom stereocenters. The summed E-state index contributed by atoms with van der Waals surface area (Å²) in [6.07, 6.45) is 0. The van der Waals surface area contributed by atoms with Crippen LogP contribution in [0.25, 0.3) is 21.9 Å². The zero-order chi connectivity index (χ0) is 18.3. The Bertz CT molecular complexity index is 1210. The first-order valence-electron chi connectivity index (χ1n) is 8.02. The average molecular weight is 348 g/mol. The molecule has 0 unspecified atom stereocenters. The summed E-state index contributed by atoms with van der Waals surface area (Å²) in [7, 11) is 1.60. The number of pyridine rings is 1. The van der Waals surface area contributed by atoms with Crippen molar-refractivity contribution in [1.29, 1.82) is 0 Å². The number of anilines is 1. The standard InChI is InChI=1S/C19H16N4O3/c1-10-14(8-11-7-13(26-2)4-6-15(11)20-10)18(24)21-12-3-5-16-17(9-12)23-19(25)22-16/h3-9H,1-2H3,(H,21,24)(H2,22,23,25). The van der Waals surface area contributed by atoms with Crippen molar-refractivity contribution in [3.05, 3.63) is 64.2 Å². The van der Waals surface area contributed by atoms with Crippen molar-refractivity contribution in [1.82, 2.24) is 15.0 Å². The third kappa shape index (κ3) is 2.79. The average Bonchev–Trinajstić information content (AvgIpc) is 3.00. The number of nitrogens with zero attached hydrogens (tertiary/aromatic N) is 1. The van der Waals surface area contributed by atoms with E-state index in [0.29, 0.717) is 33.7 Å². The van der Waals surface area contributed by atoms with Gasteiger partial charge in [-0.05, 0) is 49.4 Å². The highest BCUT2D eigenvalue weighted by atomic mass is 16.5. The van der Waals surface area contributed by atoms with Crippen molar-refractivity contribution < 1.29 is 9.53 Å². The van der Waals surface area contributed by atoms with Gasteiger partial charge in [-0.25, -0.2) is 4.79 Å². The lowest BCUT2D eigenvalue weighted by Crippen LogP contribution is -2.14. The molecule has 2 aromatic heterocycles. The number of hydrogen-bond acceptors (Lipinski definition) is 4. The smallest absolute Gasteiger partial charge is 0.323 e. The second-order valence-corrected chi connectivity index (χ2v) is 5.97. The van der Waals surface area contributed by atoms with Crippen LogP contribution >= 0.6 is 0 Å². The van der Waals surface area contributed by atoms with E-state index in [1.807, 2.05) is 18.2 Å². The Morgan fingerprint density at radius 3 is 2.69 bits per heavy atom. The lowest BCUT2D eigenvalue weighted by molar-refractivity contribution is 0.102. The molecule has 130 valence electrons. The first-order chi connectivity index (χ1) is 12.5. The third-order valence-corrected chi connectivity index (χ3v) is 4.23. The van der Waals surface area contributed by atoms with E-state index in [2.05, 4.69) is 20.3 Å². The Kier molecular flexibility index (Phi) is 3.69. The molecule has 4 rings (SSSR count). The van der Waals surface area contributed by atoms with Gasteiger partial charge in [0.05, 0.1) is 34.9 Å². The van der Waals surface area contributed by atoms with Gasteiger partial charge in [-0.1, -0.05) is 0 Å². The summed E-state index contributed by atoms with van der Waals surface area (Å²) in [5, 5.41) is 3.67. The van der Waals surface area contributed by atoms with Gasteiger partial charge in [0.2, 0.25) is 0 Å². The Labute approximate surface area is 148 Å². The maximum atomic E-state index is 12.7. The molecule has 0 bridgehead atoms. The Hall–Kier alpha value is -3.61. The van der Waals surface area contributed by atoms with Gasteiger partial charge >= 0.3 is 5.69 Å². The van der Waals surface area contributed by atoms with Crippen molar-refractivity contribution in [2.75, 3.05) is 12.4 Å². The van der Waals surface area contributed by atoms with Gasteiger partial charge in [-0.3, -0.25) is 9.78 Å². The molecule has 2 aromatic carbocycles. The molecule has 4 aromatic rings. The summed E-state index contributed by atoms with van der Waals surface area (Å²) in [6, 6.07) is 12.5. The molecule has 0 fully saturated rings. The lowest BCUT2D eigenvalue weighted by atomic mass is 10.1. The van der Waals surface area contributed by atoms with Crippen LogP contribution in [0.1, 0.15) is 16.1 Å². The first kappa shape index (κ1) is 15.9. The topological polar surface area (TPSA) is 99.9 Å². The van der Waals surface area contributed by atoms with Crippen molar-refractivity contribution in [3.8, 4) is 5.75 Å². The minimum absolute atomic E-state index is 0.267. The fourth-order valence-corrected chi connectivity index (χ4v) is 2.92. The molecule has 0 aliphatic rings. The van der Waals surface area contributed by atoms with Gasteiger partial charge in [0.15, 0.2) is 0 Å². The number of hydrogen-bond donors (Lipinski definition) is 3. The summed E-state index contributed by atoms with van der Waals surface area (Å²) in [5.74, 6) is 0.438. The number of benzene rings is 2. The van der Waals surface area contributed by atoms with E-state index in [1.165, 1.54) is 0 Å². The number of H-pyrrole nitrogens is 2. The lowest BCUT2D eigenvalue weighted by Gasteiger charge is -2.10. The molecule has 1 amide bonds. The summed E-state index contributed by atoms with van der Waals surface area (Å²) in [4.78, 5) is 33.9. The molecular weight excluding hydrogens is 332 g/mol. The van der Waals surface area contributed by atoms with Gasteiger partial charge in [-0.15, -0.1) is 0 Å². The van der Waals surface area contributed by atoms with E-state index in [4.69, 9.17) is 4.74 Å². The Balaban J connectivity index is 1.69. The molecule has 0 saturated carbocycles. The van der Waals surface area contributed by atoms with Crippen LogP contribution in [0.5, 0.6) is 5.75 Å². The minimum Gasteiger partial charge on any atom is -0.497 e. The molecule has 7 nitrogen and oxygen atoms in total. The van der Waals surface area contributed by atoms with E-state index in [0.717, 1.165) is 10.9 Å². The van der Waals surface area contributed by atoms with Gasteiger partial charge in [0.25, 0.3) is 5.91 Å². The number of fused-ring (bicyclic) bond motifs is 2. The van der Waals surface area contributed by atoms with Crippen molar-refractivity contribution in [2.24, 2.45) is 0 Å². The SMILES string of the molecule is COc1ccc2nc(C)c(C(=O)Nc3ccc4[nH]c(=O)[nH]c4c3)cc2c1. The van der Waals surface area contributed by atoms with E-state index in [-0.39, 0.29) is 11.6 Å². The van der Waals surface area contributed by atoms with Gasteiger partial charge in [0.1, 0.15) is 5.75 Å². The molecule has 0 aliphatic heterocycles. The number of nitrogens with one attached hydrogen (secondary N) is 3. The van der Waals surface area contributed by atoms with Crippen LogP contribution in [-0.4, -0.2) is 28.0 Å². The molecule has 3 N–H and O–H groups in total. The Morgan fingerprint density at radius 2 is 1.88 bits per heavy atom. The van der Waals surface area contributed by atoms with Crippen LogP contribution in [-0.2, 0) is 0 Å². The molecule has 0 saturated heterocycles. The normalized spacial score (nSPS) is 11.0. The predicted molar refractivity (Wildman–Crippen MR) is 99.9 cm³/mol. The predicted octanol–water partition coefficient (Wildman–Crippen LogP) is 2.97. The number of amides is 1. The number of carbonyl (C=O) groups excluding carboxylic acids is 1.